The number of thioether (sulfide) groups is 1. The molecule has 0 aromatic carbocycles. The number of carboxylic acids is 1. The largest absolute Gasteiger partial charge is 0.480 e. The molecule has 112 valence electrons. The standard InChI is InChI=1S/C11H13F2NO5S/c12-11(13)20-6-7-1-2-8(19-7)10(17)14-3-4-18-5-9(15)16/h1-2,11H,3-6H2,(H,14,17)(H,15,16). The number of rotatable bonds is 9. The maximum absolute atomic E-state index is 12.0. The Labute approximate surface area is 117 Å². The van der Waals surface area contributed by atoms with Gasteiger partial charge in [0.05, 0.1) is 12.4 Å². The highest BCUT2D eigenvalue weighted by atomic mass is 32.2. The van der Waals surface area contributed by atoms with Crippen molar-refractivity contribution in [1.82, 2.24) is 5.32 Å². The zero-order chi connectivity index (χ0) is 15.0. The van der Waals surface area contributed by atoms with E-state index >= 15 is 0 Å². The summed E-state index contributed by atoms with van der Waals surface area (Å²) in [5.74, 6) is -3.84. The van der Waals surface area contributed by atoms with Crippen LogP contribution in [0.2, 0.25) is 0 Å². The molecule has 0 atom stereocenters. The van der Waals surface area contributed by atoms with Crippen molar-refractivity contribution in [3.05, 3.63) is 23.7 Å². The molecule has 0 saturated heterocycles. The van der Waals surface area contributed by atoms with Gasteiger partial charge >= 0.3 is 5.97 Å². The number of furan rings is 1. The first-order chi connectivity index (χ1) is 9.49. The van der Waals surface area contributed by atoms with Gasteiger partial charge < -0.3 is 19.6 Å². The van der Waals surface area contributed by atoms with Crippen molar-refractivity contribution < 1.29 is 32.6 Å². The first kappa shape index (κ1) is 16.4. The minimum atomic E-state index is -2.50. The Kier molecular flexibility index (Phi) is 7.02. The molecule has 6 nitrogen and oxygen atoms in total. The fourth-order valence-corrected chi connectivity index (χ4v) is 1.65. The molecular weight excluding hydrogens is 296 g/mol. The van der Waals surface area contributed by atoms with Gasteiger partial charge in [0.1, 0.15) is 12.4 Å². The van der Waals surface area contributed by atoms with E-state index in [2.05, 4.69) is 5.32 Å². The molecule has 1 aromatic rings. The highest BCUT2D eigenvalue weighted by Gasteiger charge is 2.12. The van der Waals surface area contributed by atoms with Gasteiger partial charge in [0.15, 0.2) is 5.76 Å². The van der Waals surface area contributed by atoms with E-state index in [4.69, 9.17) is 14.3 Å². The molecule has 20 heavy (non-hydrogen) atoms. The molecule has 0 saturated carbocycles. The Bertz CT molecular complexity index is 452. The number of amides is 1. The van der Waals surface area contributed by atoms with Crippen LogP contribution < -0.4 is 5.32 Å². The second kappa shape index (κ2) is 8.54. The normalized spacial score (nSPS) is 10.8. The van der Waals surface area contributed by atoms with Gasteiger partial charge in [0, 0.05) is 6.54 Å². The van der Waals surface area contributed by atoms with Crippen LogP contribution in [0.25, 0.3) is 0 Å². The third-order valence-corrected chi connectivity index (χ3v) is 2.70. The van der Waals surface area contributed by atoms with Crippen LogP contribution in [-0.4, -0.2) is 42.5 Å². The number of carbonyl (C=O) groups is 2. The minimum absolute atomic E-state index is 0.00750. The van der Waals surface area contributed by atoms with E-state index in [1.165, 1.54) is 12.1 Å². The van der Waals surface area contributed by atoms with Crippen molar-refractivity contribution in [1.29, 1.82) is 0 Å². The molecule has 0 aliphatic heterocycles. The summed E-state index contributed by atoms with van der Waals surface area (Å²) in [6.45, 7) is -0.271. The van der Waals surface area contributed by atoms with E-state index < -0.39 is 24.2 Å². The first-order valence-corrected chi connectivity index (χ1v) is 6.60. The molecule has 0 aliphatic rings. The van der Waals surface area contributed by atoms with Crippen molar-refractivity contribution in [3.8, 4) is 0 Å². The van der Waals surface area contributed by atoms with Crippen LogP contribution in [0.15, 0.2) is 16.5 Å². The summed E-state index contributed by atoms with van der Waals surface area (Å²) in [5, 5.41) is 10.8. The number of aliphatic carboxylic acids is 1. The number of hydrogen-bond acceptors (Lipinski definition) is 5. The molecule has 0 spiro atoms. The second-order valence-electron chi connectivity index (χ2n) is 3.54. The van der Waals surface area contributed by atoms with Crippen LogP contribution in [-0.2, 0) is 15.3 Å². The Balaban J connectivity index is 2.27. The van der Waals surface area contributed by atoms with E-state index in [0.29, 0.717) is 11.8 Å². The highest BCUT2D eigenvalue weighted by Crippen LogP contribution is 2.21. The first-order valence-electron chi connectivity index (χ1n) is 5.55. The highest BCUT2D eigenvalue weighted by molar-refractivity contribution is 7.98. The zero-order valence-electron chi connectivity index (χ0n) is 10.3. The number of alkyl halides is 2. The van der Waals surface area contributed by atoms with Crippen LogP contribution in [0.3, 0.4) is 0 Å². The van der Waals surface area contributed by atoms with Crippen LogP contribution in [0.5, 0.6) is 0 Å². The summed E-state index contributed by atoms with van der Waals surface area (Å²) in [6, 6.07) is 2.83. The predicted molar refractivity (Wildman–Crippen MR) is 66.8 cm³/mol. The summed E-state index contributed by atoms with van der Waals surface area (Å²) >= 11 is 0.402. The third-order valence-electron chi connectivity index (χ3n) is 1.99. The fourth-order valence-electron chi connectivity index (χ4n) is 1.21. The topological polar surface area (TPSA) is 88.8 Å². The molecule has 1 heterocycles. The third kappa shape index (κ3) is 6.53. The van der Waals surface area contributed by atoms with Crippen molar-refractivity contribution >= 4 is 23.6 Å². The summed E-state index contributed by atoms with van der Waals surface area (Å²) < 4.78 is 33.7. The SMILES string of the molecule is O=C(O)COCCNC(=O)c1ccc(CSC(F)F)o1. The van der Waals surface area contributed by atoms with Crippen molar-refractivity contribution in [3.63, 3.8) is 0 Å². The van der Waals surface area contributed by atoms with Gasteiger partial charge in [-0.1, -0.05) is 11.8 Å². The zero-order valence-corrected chi connectivity index (χ0v) is 11.1. The lowest BCUT2D eigenvalue weighted by Crippen LogP contribution is -2.27. The maximum Gasteiger partial charge on any atom is 0.329 e. The minimum Gasteiger partial charge on any atom is -0.480 e. The van der Waals surface area contributed by atoms with E-state index in [0.717, 1.165) is 0 Å². The lowest BCUT2D eigenvalue weighted by Gasteiger charge is -2.03. The molecule has 0 fully saturated rings. The van der Waals surface area contributed by atoms with Crippen LogP contribution in [0.4, 0.5) is 8.78 Å². The molecule has 1 aromatic heterocycles. The Morgan fingerprint density at radius 1 is 1.45 bits per heavy atom. The van der Waals surface area contributed by atoms with Gasteiger partial charge in [-0.2, -0.15) is 8.78 Å². The number of carboxylic acid groups (broad SMARTS) is 1. The Hall–Kier alpha value is -1.61. The van der Waals surface area contributed by atoms with Crippen molar-refractivity contribution in [2.24, 2.45) is 0 Å². The van der Waals surface area contributed by atoms with Gasteiger partial charge in [-0.15, -0.1) is 0 Å². The Morgan fingerprint density at radius 3 is 2.85 bits per heavy atom. The molecule has 9 heteroatoms. The number of halogens is 2. The van der Waals surface area contributed by atoms with Crippen molar-refractivity contribution in [2.45, 2.75) is 11.5 Å². The molecular formula is C11H13F2NO5S. The van der Waals surface area contributed by atoms with Gasteiger partial charge in [-0.3, -0.25) is 4.79 Å². The molecule has 0 bridgehead atoms. The lowest BCUT2D eigenvalue weighted by molar-refractivity contribution is -0.142. The summed E-state index contributed by atoms with van der Waals surface area (Å²) in [5.41, 5.74) is 0. The average molecular weight is 309 g/mol. The maximum atomic E-state index is 12.0. The number of hydrogen-bond donors (Lipinski definition) is 2. The van der Waals surface area contributed by atoms with E-state index in [9.17, 15) is 18.4 Å². The van der Waals surface area contributed by atoms with Gasteiger partial charge in [0.2, 0.25) is 0 Å². The van der Waals surface area contributed by atoms with E-state index in [-0.39, 0.29) is 30.4 Å². The Morgan fingerprint density at radius 2 is 2.20 bits per heavy atom. The van der Waals surface area contributed by atoms with Crippen LogP contribution in [0.1, 0.15) is 16.3 Å². The molecule has 1 rings (SSSR count). The summed E-state index contributed by atoms with van der Waals surface area (Å²) in [6.07, 6.45) is 0. The van der Waals surface area contributed by atoms with Crippen LogP contribution in [0, 0.1) is 0 Å². The number of carbonyl (C=O) groups excluding carboxylic acids is 1. The van der Waals surface area contributed by atoms with Gasteiger partial charge in [-0.25, -0.2) is 4.79 Å². The average Bonchev–Trinajstić information content (AvgIpc) is 2.84. The van der Waals surface area contributed by atoms with Gasteiger partial charge in [0.25, 0.3) is 11.7 Å². The second-order valence-corrected chi connectivity index (χ2v) is 4.52. The summed E-state index contributed by atoms with van der Waals surface area (Å²) in [7, 11) is 0. The quantitative estimate of drug-likeness (QED) is 0.673. The number of ether oxygens (including phenoxy) is 1. The monoisotopic (exact) mass is 309 g/mol. The van der Waals surface area contributed by atoms with Gasteiger partial charge in [-0.05, 0) is 12.1 Å². The molecule has 0 aliphatic carbocycles. The van der Waals surface area contributed by atoms with E-state index in [1.807, 2.05) is 0 Å². The number of nitrogens with one attached hydrogen (secondary N) is 1. The van der Waals surface area contributed by atoms with Crippen LogP contribution >= 0.6 is 11.8 Å². The molecule has 0 unspecified atom stereocenters. The fraction of sp³-hybridized carbons (Fsp3) is 0.455. The predicted octanol–water partition coefficient (Wildman–Crippen LogP) is 1.57. The lowest BCUT2D eigenvalue weighted by atomic mass is 10.4. The summed E-state index contributed by atoms with van der Waals surface area (Å²) in [4.78, 5) is 21.7. The molecule has 2 N–H and O–H groups in total. The molecule has 1 amide bonds. The van der Waals surface area contributed by atoms with Crippen molar-refractivity contribution in [2.75, 3.05) is 19.8 Å². The molecule has 0 radical (unpaired) electrons. The van der Waals surface area contributed by atoms with E-state index in [1.54, 1.807) is 0 Å². The smallest absolute Gasteiger partial charge is 0.329 e.